The Labute approximate surface area is 174 Å². The molecule has 5 heteroatoms. The lowest BCUT2D eigenvalue weighted by atomic mass is 9.95. The summed E-state index contributed by atoms with van der Waals surface area (Å²) >= 11 is 0. The van der Waals surface area contributed by atoms with Gasteiger partial charge in [-0.2, -0.15) is 0 Å². The molecule has 1 atom stereocenters. The predicted octanol–water partition coefficient (Wildman–Crippen LogP) is 4.01. The van der Waals surface area contributed by atoms with Crippen molar-refractivity contribution >= 4 is 11.8 Å². The van der Waals surface area contributed by atoms with E-state index in [1.165, 1.54) is 0 Å². The van der Waals surface area contributed by atoms with Gasteiger partial charge in [0.05, 0.1) is 6.04 Å². The molecule has 5 nitrogen and oxygen atoms in total. The van der Waals surface area contributed by atoms with Crippen molar-refractivity contribution in [3.05, 3.63) is 59.4 Å². The van der Waals surface area contributed by atoms with E-state index in [0.29, 0.717) is 6.54 Å². The van der Waals surface area contributed by atoms with Gasteiger partial charge in [-0.05, 0) is 51.0 Å². The van der Waals surface area contributed by atoms with Crippen molar-refractivity contribution in [2.75, 3.05) is 13.1 Å². The van der Waals surface area contributed by atoms with Gasteiger partial charge >= 0.3 is 0 Å². The number of hydrogen-bond donors (Lipinski definition) is 0. The number of hydrogen-bond acceptors (Lipinski definition) is 2. The Morgan fingerprint density at radius 2 is 1.79 bits per heavy atom. The molecular weight excluding hydrogens is 362 g/mol. The summed E-state index contributed by atoms with van der Waals surface area (Å²) in [5.74, 6) is -0.138. The molecule has 0 radical (unpaired) electrons. The monoisotopic (exact) mass is 395 g/mol. The molecule has 0 N–H and O–H groups in total. The second kappa shape index (κ2) is 8.05. The van der Waals surface area contributed by atoms with Gasteiger partial charge in [0.1, 0.15) is 6.54 Å². The first kappa shape index (κ1) is 21.2. The highest BCUT2D eigenvalue weighted by atomic mass is 16.2. The van der Waals surface area contributed by atoms with E-state index in [1.54, 1.807) is 4.90 Å². The third-order valence-electron chi connectivity index (χ3n) is 5.70. The summed E-state index contributed by atoms with van der Waals surface area (Å²) < 4.78 is 2.22. The zero-order valence-electron chi connectivity index (χ0n) is 18.5. The van der Waals surface area contributed by atoms with Crippen molar-refractivity contribution < 1.29 is 9.59 Å². The van der Waals surface area contributed by atoms with E-state index >= 15 is 0 Å². The molecule has 29 heavy (non-hydrogen) atoms. The van der Waals surface area contributed by atoms with Crippen molar-refractivity contribution in [3.63, 3.8) is 0 Å². The van der Waals surface area contributed by atoms with Crippen LogP contribution >= 0.6 is 0 Å². The number of aryl methyl sites for hydroxylation is 1. The topological polar surface area (TPSA) is 45.6 Å². The molecule has 156 valence electrons. The normalized spacial score (nSPS) is 16.7. The van der Waals surface area contributed by atoms with Crippen LogP contribution < -0.4 is 0 Å². The molecule has 3 rings (SSSR count). The van der Waals surface area contributed by atoms with E-state index in [4.69, 9.17) is 0 Å². The molecular formula is C24H33N3O2. The molecule has 2 heterocycles. The van der Waals surface area contributed by atoms with Gasteiger partial charge in [0, 0.05) is 36.4 Å². The summed E-state index contributed by atoms with van der Waals surface area (Å²) in [6.45, 7) is 13.3. The van der Waals surface area contributed by atoms with Crippen LogP contribution in [0.25, 0.3) is 0 Å². The predicted molar refractivity (Wildman–Crippen MR) is 115 cm³/mol. The minimum absolute atomic E-state index is 0.00497. The van der Waals surface area contributed by atoms with Crippen LogP contribution in [-0.2, 0) is 16.1 Å². The molecule has 0 saturated heterocycles. The Bertz CT molecular complexity index is 892. The Balaban J connectivity index is 1.96. The summed E-state index contributed by atoms with van der Waals surface area (Å²) in [6.07, 6.45) is 2.08. The smallest absolute Gasteiger partial charge is 0.243 e. The first-order valence-corrected chi connectivity index (χ1v) is 10.4. The van der Waals surface area contributed by atoms with Crippen molar-refractivity contribution in [1.82, 2.24) is 14.4 Å². The van der Waals surface area contributed by atoms with E-state index in [2.05, 4.69) is 35.9 Å². The molecule has 1 aliphatic heterocycles. The van der Waals surface area contributed by atoms with Crippen molar-refractivity contribution in [2.45, 2.75) is 59.7 Å². The summed E-state index contributed by atoms with van der Waals surface area (Å²) in [5, 5.41) is 0. The van der Waals surface area contributed by atoms with E-state index in [9.17, 15) is 9.59 Å². The fourth-order valence-corrected chi connectivity index (χ4v) is 4.06. The number of aromatic nitrogens is 1. The molecule has 0 spiro atoms. The Kier molecular flexibility index (Phi) is 5.87. The standard InChI is InChI=1S/C24H33N3O2/c1-17(2)23(29)27(24(4,5)6)16-21(28)26-15-14-25-13-9-12-20(25)22(26)19-11-8-7-10-18(19)3/h7-13,17,22H,14-16H2,1-6H3. The Morgan fingerprint density at radius 1 is 1.10 bits per heavy atom. The molecule has 2 aromatic rings. The maximum Gasteiger partial charge on any atom is 0.243 e. The fourth-order valence-electron chi connectivity index (χ4n) is 4.06. The van der Waals surface area contributed by atoms with Gasteiger partial charge in [0.2, 0.25) is 11.8 Å². The first-order valence-electron chi connectivity index (χ1n) is 10.4. The number of benzene rings is 1. The largest absolute Gasteiger partial charge is 0.348 e. The highest BCUT2D eigenvalue weighted by Crippen LogP contribution is 2.34. The maximum absolute atomic E-state index is 13.5. The molecule has 0 fully saturated rings. The maximum atomic E-state index is 13.5. The molecule has 0 bridgehead atoms. The average Bonchev–Trinajstić information content (AvgIpc) is 3.13. The van der Waals surface area contributed by atoms with Gasteiger partial charge in [-0.1, -0.05) is 38.1 Å². The SMILES string of the molecule is Cc1ccccc1C1c2cccn2CCN1C(=O)CN(C(=O)C(C)C)C(C)(C)C. The van der Waals surface area contributed by atoms with Gasteiger partial charge < -0.3 is 14.4 Å². The zero-order chi connectivity index (χ0) is 21.3. The summed E-state index contributed by atoms with van der Waals surface area (Å²) in [6, 6.07) is 12.2. The van der Waals surface area contributed by atoms with Crippen LogP contribution in [0.1, 0.15) is 57.5 Å². The molecule has 1 unspecified atom stereocenters. The minimum atomic E-state index is -0.412. The van der Waals surface area contributed by atoms with Crippen molar-refractivity contribution in [3.8, 4) is 0 Å². The number of amides is 2. The minimum Gasteiger partial charge on any atom is -0.348 e. The molecule has 1 aliphatic rings. The number of nitrogens with zero attached hydrogens (tertiary/aromatic N) is 3. The average molecular weight is 396 g/mol. The lowest BCUT2D eigenvalue weighted by molar-refractivity contribution is -0.148. The highest BCUT2D eigenvalue weighted by Gasteiger charge is 2.36. The number of carbonyl (C=O) groups excluding carboxylic acids is 2. The molecule has 1 aromatic heterocycles. The molecule has 1 aromatic carbocycles. The van der Waals surface area contributed by atoms with E-state index in [-0.39, 0.29) is 30.3 Å². The Hall–Kier alpha value is -2.56. The lowest BCUT2D eigenvalue weighted by Crippen LogP contribution is -2.54. The molecule has 0 aliphatic carbocycles. The summed E-state index contributed by atoms with van der Waals surface area (Å²) in [4.78, 5) is 30.0. The van der Waals surface area contributed by atoms with Crippen LogP contribution in [0.2, 0.25) is 0 Å². The van der Waals surface area contributed by atoms with Crippen LogP contribution in [-0.4, -0.2) is 44.8 Å². The lowest BCUT2D eigenvalue weighted by Gasteiger charge is -2.41. The van der Waals surface area contributed by atoms with E-state index < -0.39 is 5.54 Å². The zero-order valence-corrected chi connectivity index (χ0v) is 18.5. The van der Waals surface area contributed by atoms with Gasteiger partial charge in [-0.15, -0.1) is 0 Å². The first-order chi connectivity index (χ1) is 13.6. The van der Waals surface area contributed by atoms with Crippen LogP contribution in [0, 0.1) is 12.8 Å². The van der Waals surface area contributed by atoms with Gasteiger partial charge in [0.15, 0.2) is 0 Å². The number of rotatable bonds is 4. The summed E-state index contributed by atoms with van der Waals surface area (Å²) in [5.41, 5.74) is 3.01. The van der Waals surface area contributed by atoms with Crippen LogP contribution in [0.5, 0.6) is 0 Å². The second-order valence-electron chi connectivity index (χ2n) is 9.22. The molecule has 0 saturated carbocycles. The van der Waals surface area contributed by atoms with Crippen molar-refractivity contribution in [1.29, 1.82) is 0 Å². The van der Waals surface area contributed by atoms with Gasteiger partial charge in [-0.25, -0.2) is 0 Å². The van der Waals surface area contributed by atoms with Crippen LogP contribution in [0.15, 0.2) is 42.6 Å². The fraction of sp³-hybridized carbons (Fsp3) is 0.500. The van der Waals surface area contributed by atoms with Crippen molar-refractivity contribution in [2.24, 2.45) is 5.92 Å². The van der Waals surface area contributed by atoms with Crippen LogP contribution in [0.4, 0.5) is 0 Å². The Morgan fingerprint density at radius 3 is 2.41 bits per heavy atom. The number of carbonyl (C=O) groups is 2. The van der Waals surface area contributed by atoms with E-state index in [0.717, 1.165) is 23.4 Å². The van der Waals surface area contributed by atoms with Gasteiger partial charge in [0.25, 0.3) is 0 Å². The highest BCUT2D eigenvalue weighted by molar-refractivity contribution is 5.86. The van der Waals surface area contributed by atoms with Crippen LogP contribution in [0.3, 0.4) is 0 Å². The quantitative estimate of drug-likeness (QED) is 0.785. The number of fused-ring (bicyclic) bond motifs is 1. The second-order valence-corrected chi connectivity index (χ2v) is 9.22. The van der Waals surface area contributed by atoms with E-state index in [1.807, 2.05) is 57.7 Å². The molecule has 2 amide bonds. The van der Waals surface area contributed by atoms with Gasteiger partial charge in [-0.3, -0.25) is 9.59 Å². The third-order valence-corrected chi connectivity index (χ3v) is 5.70. The summed E-state index contributed by atoms with van der Waals surface area (Å²) in [7, 11) is 0. The third kappa shape index (κ3) is 4.24.